The van der Waals surface area contributed by atoms with Crippen LogP contribution in [-0.4, -0.2) is 41.0 Å². The number of furan rings is 1. The molecule has 24 heavy (non-hydrogen) atoms. The number of likely N-dealkylation sites (tertiary alicyclic amines) is 1. The topological polar surface area (TPSA) is 45.4 Å². The molecule has 0 N–H and O–H groups in total. The molecule has 0 saturated carbocycles. The standard InChI is InChI=1S/C19H26N4O/c1-2-16-5-6-17(24-16)13-22-12-8-19(14-22)7-3-11-23(15-19)18-20-9-4-10-21-18/h4-6,9-10H,2-3,7-8,11-15H2,1H3. The van der Waals surface area contributed by atoms with Gasteiger partial charge in [-0.05, 0) is 44.0 Å². The summed E-state index contributed by atoms with van der Waals surface area (Å²) >= 11 is 0. The highest BCUT2D eigenvalue weighted by molar-refractivity contribution is 5.30. The van der Waals surface area contributed by atoms with Gasteiger partial charge in [0.15, 0.2) is 0 Å². The quantitative estimate of drug-likeness (QED) is 0.864. The van der Waals surface area contributed by atoms with Crippen LogP contribution < -0.4 is 4.90 Å². The Bertz CT molecular complexity index is 671. The predicted octanol–water partition coefficient (Wildman–Crippen LogP) is 3.12. The molecule has 0 amide bonds. The van der Waals surface area contributed by atoms with Gasteiger partial charge in [0.1, 0.15) is 11.5 Å². The average Bonchev–Trinajstić information content (AvgIpc) is 3.23. The SMILES string of the molecule is CCc1ccc(CN2CCC3(CCCN(c4ncccn4)C3)C2)o1. The third kappa shape index (κ3) is 3.18. The molecule has 2 fully saturated rings. The summed E-state index contributed by atoms with van der Waals surface area (Å²) in [5.74, 6) is 3.07. The van der Waals surface area contributed by atoms with E-state index in [1.54, 1.807) is 0 Å². The first-order valence-corrected chi connectivity index (χ1v) is 9.08. The zero-order chi connectivity index (χ0) is 16.4. The molecular weight excluding hydrogens is 300 g/mol. The van der Waals surface area contributed by atoms with Gasteiger partial charge in [0.2, 0.25) is 5.95 Å². The van der Waals surface area contributed by atoms with Gasteiger partial charge in [-0.3, -0.25) is 4.90 Å². The lowest BCUT2D eigenvalue weighted by Crippen LogP contribution is -2.45. The van der Waals surface area contributed by atoms with Crippen molar-refractivity contribution in [3.8, 4) is 0 Å². The summed E-state index contributed by atoms with van der Waals surface area (Å²) in [4.78, 5) is 13.8. The molecule has 2 aromatic heterocycles. The van der Waals surface area contributed by atoms with Gasteiger partial charge < -0.3 is 9.32 Å². The van der Waals surface area contributed by atoms with Crippen LogP contribution in [0.4, 0.5) is 5.95 Å². The Labute approximate surface area is 143 Å². The third-order valence-corrected chi connectivity index (χ3v) is 5.46. The van der Waals surface area contributed by atoms with Crippen LogP contribution >= 0.6 is 0 Å². The van der Waals surface area contributed by atoms with Crippen molar-refractivity contribution in [3.05, 3.63) is 42.1 Å². The van der Waals surface area contributed by atoms with Crippen LogP contribution in [0, 0.1) is 5.41 Å². The van der Waals surface area contributed by atoms with E-state index >= 15 is 0 Å². The second-order valence-corrected chi connectivity index (χ2v) is 7.26. The number of aromatic nitrogens is 2. The van der Waals surface area contributed by atoms with E-state index in [1.807, 2.05) is 18.5 Å². The molecule has 4 rings (SSSR count). The molecule has 2 aliphatic rings. The summed E-state index contributed by atoms with van der Waals surface area (Å²) in [7, 11) is 0. The molecule has 0 radical (unpaired) electrons. The maximum atomic E-state index is 5.89. The smallest absolute Gasteiger partial charge is 0.225 e. The molecule has 2 aliphatic heterocycles. The second kappa shape index (κ2) is 6.55. The lowest BCUT2D eigenvalue weighted by molar-refractivity contribution is 0.207. The summed E-state index contributed by atoms with van der Waals surface area (Å²) in [6, 6.07) is 6.12. The number of nitrogens with zero attached hydrogens (tertiary/aromatic N) is 4. The minimum absolute atomic E-state index is 0.387. The largest absolute Gasteiger partial charge is 0.465 e. The first-order valence-electron chi connectivity index (χ1n) is 9.08. The maximum absolute atomic E-state index is 5.89. The summed E-state index contributed by atoms with van der Waals surface area (Å²) in [6.45, 7) is 7.53. The molecule has 2 saturated heterocycles. The van der Waals surface area contributed by atoms with Crippen LogP contribution in [0.15, 0.2) is 35.0 Å². The van der Waals surface area contributed by atoms with E-state index in [2.05, 4.69) is 38.8 Å². The maximum Gasteiger partial charge on any atom is 0.225 e. The Hall–Kier alpha value is -1.88. The Kier molecular flexibility index (Phi) is 4.27. The van der Waals surface area contributed by atoms with Gasteiger partial charge in [-0.1, -0.05) is 6.92 Å². The van der Waals surface area contributed by atoms with E-state index in [9.17, 15) is 0 Å². The van der Waals surface area contributed by atoms with Crippen LogP contribution in [0.25, 0.3) is 0 Å². The normalized spacial score (nSPS) is 24.8. The van der Waals surface area contributed by atoms with Crippen molar-refractivity contribution < 1.29 is 4.42 Å². The Morgan fingerprint density at radius 1 is 1.08 bits per heavy atom. The van der Waals surface area contributed by atoms with Gasteiger partial charge in [-0.25, -0.2) is 9.97 Å². The summed E-state index contributed by atoms with van der Waals surface area (Å²) < 4.78 is 5.89. The second-order valence-electron chi connectivity index (χ2n) is 7.26. The lowest BCUT2D eigenvalue weighted by atomic mass is 9.79. The van der Waals surface area contributed by atoms with Crippen molar-refractivity contribution in [2.75, 3.05) is 31.1 Å². The third-order valence-electron chi connectivity index (χ3n) is 5.46. The van der Waals surface area contributed by atoms with Crippen LogP contribution in [0.1, 0.15) is 37.7 Å². The molecule has 128 valence electrons. The zero-order valence-corrected chi connectivity index (χ0v) is 14.4. The first kappa shape index (κ1) is 15.6. The highest BCUT2D eigenvalue weighted by atomic mass is 16.3. The van der Waals surface area contributed by atoms with Crippen LogP contribution in [0.2, 0.25) is 0 Å². The predicted molar refractivity (Wildman–Crippen MR) is 93.9 cm³/mol. The molecule has 0 aromatic carbocycles. The molecule has 5 nitrogen and oxygen atoms in total. The van der Waals surface area contributed by atoms with Crippen molar-refractivity contribution in [2.45, 2.75) is 39.2 Å². The zero-order valence-electron chi connectivity index (χ0n) is 14.4. The number of anilines is 1. The highest BCUT2D eigenvalue weighted by Gasteiger charge is 2.41. The highest BCUT2D eigenvalue weighted by Crippen LogP contribution is 2.40. The first-order chi connectivity index (χ1) is 11.8. The number of aryl methyl sites for hydroxylation is 1. The molecule has 5 heteroatoms. The number of rotatable bonds is 4. The van der Waals surface area contributed by atoms with E-state index in [4.69, 9.17) is 4.42 Å². The van der Waals surface area contributed by atoms with Crippen molar-refractivity contribution in [2.24, 2.45) is 5.41 Å². The average molecular weight is 326 g/mol. The molecule has 1 spiro atoms. The van der Waals surface area contributed by atoms with Crippen molar-refractivity contribution >= 4 is 5.95 Å². The van der Waals surface area contributed by atoms with E-state index in [-0.39, 0.29) is 0 Å². The van der Waals surface area contributed by atoms with Gasteiger partial charge in [0, 0.05) is 43.9 Å². The Morgan fingerprint density at radius 3 is 2.71 bits per heavy atom. The number of hydrogen-bond acceptors (Lipinski definition) is 5. The monoisotopic (exact) mass is 326 g/mol. The Morgan fingerprint density at radius 2 is 1.92 bits per heavy atom. The Balaban J connectivity index is 1.41. The van der Waals surface area contributed by atoms with Crippen molar-refractivity contribution in [3.63, 3.8) is 0 Å². The van der Waals surface area contributed by atoms with Crippen molar-refractivity contribution in [1.82, 2.24) is 14.9 Å². The summed E-state index contributed by atoms with van der Waals surface area (Å²) in [6.07, 6.45) is 8.45. The minimum Gasteiger partial charge on any atom is -0.465 e. The fourth-order valence-electron chi connectivity index (χ4n) is 4.25. The summed E-state index contributed by atoms with van der Waals surface area (Å²) in [5.41, 5.74) is 0.387. The summed E-state index contributed by atoms with van der Waals surface area (Å²) in [5, 5.41) is 0. The van der Waals surface area contributed by atoms with Gasteiger partial charge >= 0.3 is 0 Å². The van der Waals surface area contributed by atoms with Gasteiger partial charge in [0.25, 0.3) is 0 Å². The fraction of sp³-hybridized carbons (Fsp3) is 0.579. The molecule has 2 aromatic rings. The van der Waals surface area contributed by atoms with Crippen LogP contribution in [0.5, 0.6) is 0 Å². The lowest BCUT2D eigenvalue weighted by Gasteiger charge is -2.40. The van der Waals surface area contributed by atoms with Gasteiger partial charge in [-0.2, -0.15) is 0 Å². The van der Waals surface area contributed by atoms with E-state index in [0.29, 0.717) is 5.41 Å². The minimum atomic E-state index is 0.387. The number of hydrogen-bond donors (Lipinski definition) is 0. The molecule has 1 unspecified atom stereocenters. The van der Waals surface area contributed by atoms with Crippen LogP contribution in [0.3, 0.4) is 0 Å². The van der Waals surface area contributed by atoms with Crippen LogP contribution in [-0.2, 0) is 13.0 Å². The molecule has 0 aliphatic carbocycles. The fourth-order valence-corrected chi connectivity index (χ4v) is 4.25. The molecule has 1 atom stereocenters. The molecular formula is C19H26N4O. The van der Waals surface area contributed by atoms with Crippen molar-refractivity contribution in [1.29, 1.82) is 0 Å². The van der Waals surface area contributed by atoms with E-state index in [0.717, 1.165) is 56.6 Å². The number of piperidine rings is 1. The van der Waals surface area contributed by atoms with E-state index < -0.39 is 0 Å². The van der Waals surface area contributed by atoms with Gasteiger partial charge in [-0.15, -0.1) is 0 Å². The molecule has 0 bridgehead atoms. The van der Waals surface area contributed by atoms with E-state index in [1.165, 1.54) is 19.3 Å². The van der Waals surface area contributed by atoms with Gasteiger partial charge in [0.05, 0.1) is 6.54 Å². The molecule has 4 heterocycles.